The number of rotatable bonds is 3. The number of nitrogens with zero attached hydrogens (tertiary/aromatic N) is 1. The van der Waals surface area contributed by atoms with Gasteiger partial charge in [-0.2, -0.15) is 4.39 Å². The molecule has 1 rings (SSSR count). The van der Waals surface area contributed by atoms with Crippen LogP contribution in [-0.4, -0.2) is 10.9 Å². The molecular weight excluding hydrogens is 195 g/mol. The van der Waals surface area contributed by atoms with Gasteiger partial charge in [0, 0.05) is 5.92 Å². The van der Waals surface area contributed by atoms with Gasteiger partial charge in [-0.3, -0.25) is 4.79 Å². The van der Waals surface area contributed by atoms with E-state index in [4.69, 9.17) is 0 Å². The molecule has 0 aromatic carbocycles. The number of carbonyl (C=O) groups excluding carboxylic acids is 1. The SMILES string of the molecule is CC(C)C(C)C(=O)Nc1ccc(F)nc1. The second-order valence-corrected chi connectivity index (χ2v) is 3.89. The highest BCUT2D eigenvalue weighted by Gasteiger charge is 2.16. The summed E-state index contributed by atoms with van der Waals surface area (Å²) in [6.45, 7) is 5.82. The van der Waals surface area contributed by atoms with Crippen molar-refractivity contribution in [2.24, 2.45) is 11.8 Å². The summed E-state index contributed by atoms with van der Waals surface area (Å²) in [6.07, 6.45) is 1.31. The van der Waals surface area contributed by atoms with Crippen LogP contribution < -0.4 is 5.32 Å². The van der Waals surface area contributed by atoms with Crippen molar-refractivity contribution in [1.82, 2.24) is 4.98 Å². The summed E-state index contributed by atoms with van der Waals surface area (Å²) in [6, 6.07) is 2.71. The van der Waals surface area contributed by atoms with Gasteiger partial charge < -0.3 is 5.32 Å². The van der Waals surface area contributed by atoms with Crippen LogP contribution >= 0.6 is 0 Å². The number of pyridine rings is 1. The third-order valence-corrected chi connectivity index (χ3v) is 2.41. The maximum absolute atomic E-state index is 12.5. The van der Waals surface area contributed by atoms with Crippen LogP contribution in [0.15, 0.2) is 18.3 Å². The van der Waals surface area contributed by atoms with E-state index in [1.54, 1.807) is 0 Å². The molecule has 1 amide bonds. The number of halogens is 1. The van der Waals surface area contributed by atoms with Crippen LogP contribution in [0.1, 0.15) is 20.8 Å². The zero-order chi connectivity index (χ0) is 11.4. The van der Waals surface area contributed by atoms with Crippen molar-refractivity contribution in [3.63, 3.8) is 0 Å². The maximum atomic E-state index is 12.5. The number of carbonyl (C=O) groups is 1. The minimum atomic E-state index is -0.551. The van der Waals surface area contributed by atoms with Gasteiger partial charge in [0.2, 0.25) is 11.9 Å². The van der Waals surface area contributed by atoms with Crippen LogP contribution in [0.5, 0.6) is 0 Å². The molecule has 0 saturated heterocycles. The van der Waals surface area contributed by atoms with Gasteiger partial charge in [-0.25, -0.2) is 4.98 Å². The second kappa shape index (κ2) is 4.87. The minimum absolute atomic E-state index is 0.0709. The van der Waals surface area contributed by atoms with Crippen LogP contribution in [-0.2, 0) is 4.79 Å². The Morgan fingerprint density at radius 2 is 2.07 bits per heavy atom. The summed E-state index contributed by atoms with van der Waals surface area (Å²) >= 11 is 0. The molecule has 1 unspecified atom stereocenters. The van der Waals surface area contributed by atoms with Gasteiger partial charge in [0.15, 0.2) is 0 Å². The van der Waals surface area contributed by atoms with Crippen LogP contribution in [0.2, 0.25) is 0 Å². The summed E-state index contributed by atoms with van der Waals surface area (Å²) in [7, 11) is 0. The number of aromatic nitrogens is 1. The van der Waals surface area contributed by atoms with Crippen molar-refractivity contribution < 1.29 is 9.18 Å². The predicted molar refractivity (Wildman–Crippen MR) is 56.8 cm³/mol. The number of hydrogen-bond acceptors (Lipinski definition) is 2. The lowest BCUT2D eigenvalue weighted by Crippen LogP contribution is -2.24. The Kier molecular flexibility index (Phi) is 3.77. The third kappa shape index (κ3) is 3.31. The second-order valence-electron chi connectivity index (χ2n) is 3.89. The van der Waals surface area contributed by atoms with Crippen molar-refractivity contribution in [3.8, 4) is 0 Å². The fourth-order valence-corrected chi connectivity index (χ4v) is 1.01. The topological polar surface area (TPSA) is 42.0 Å². The van der Waals surface area contributed by atoms with Crippen LogP contribution in [0.25, 0.3) is 0 Å². The van der Waals surface area contributed by atoms with Crippen LogP contribution in [0, 0.1) is 17.8 Å². The smallest absolute Gasteiger partial charge is 0.227 e. The van der Waals surface area contributed by atoms with E-state index in [0.717, 1.165) is 0 Å². The average Bonchev–Trinajstić information content (AvgIpc) is 2.20. The fraction of sp³-hybridized carbons (Fsp3) is 0.455. The maximum Gasteiger partial charge on any atom is 0.227 e. The number of amides is 1. The molecule has 0 fully saturated rings. The Balaban J connectivity index is 2.62. The van der Waals surface area contributed by atoms with Gasteiger partial charge in [0.05, 0.1) is 11.9 Å². The summed E-state index contributed by atoms with van der Waals surface area (Å²) in [4.78, 5) is 15.1. The molecule has 0 bridgehead atoms. The van der Waals surface area contributed by atoms with Crippen LogP contribution in [0.3, 0.4) is 0 Å². The van der Waals surface area contributed by atoms with Crippen molar-refractivity contribution in [1.29, 1.82) is 0 Å². The Labute approximate surface area is 88.7 Å². The molecule has 0 aliphatic rings. The highest BCUT2D eigenvalue weighted by Crippen LogP contribution is 2.13. The molecule has 0 aliphatic carbocycles. The van der Waals surface area contributed by atoms with Gasteiger partial charge in [-0.1, -0.05) is 20.8 Å². The van der Waals surface area contributed by atoms with E-state index in [-0.39, 0.29) is 17.7 Å². The summed E-state index contributed by atoms with van der Waals surface area (Å²) in [5.74, 6) is -0.420. The molecule has 82 valence electrons. The highest BCUT2D eigenvalue weighted by molar-refractivity contribution is 5.92. The monoisotopic (exact) mass is 210 g/mol. The Morgan fingerprint density at radius 3 is 2.53 bits per heavy atom. The fourth-order valence-electron chi connectivity index (χ4n) is 1.01. The molecule has 0 radical (unpaired) electrons. The highest BCUT2D eigenvalue weighted by atomic mass is 19.1. The van der Waals surface area contributed by atoms with E-state index < -0.39 is 5.95 Å². The number of nitrogens with one attached hydrogen (secondary N) is 1. The molecule has 1 aromatic rings. The normalized spacial score (nSPS) is 12.6. The first-order valence-corrected chi connectivity index (χ1v) is 4.93. The Bertz CT molecular complexity index is 335. The van der Waals surface area contributed by atoms with Gasteiger partial charge in [-0.15, -0.1) is 0 Å². The van der Waals surface area contributed by atoms with E-state index in [1.807, 2.05) is 20.8 Å². The van der Waals surface area contributed by atoms with Crippen molar-refractivity contribution in [3.05, 3.63) is 24.3 Å². The van der Waals surface area contributed by atoms with Gasteiger partial charge >= 0.3 is 0 Å². The summed E-state index contributed by atoms with van der Waals surface area (Å²) < 4.78 is 12.5. The molecule has 1 aromatic heterocycles. The zero-order valence-electron chi connectivity index (χ0n) is 9.12. The molecule has 3 nitrogen and oxygen atoms in total. The van der Waals surface area contributed by atoms with E-state index in [0.29, 0.717) is 5.69 Å². The lowest BCUT2D eigenvalue weighted by molar-refractivity contribution is -0.120. The van der Waals surface area contributed by atoms with E-state index in [2.05, 4.69) is 10.3 Å². The van der Waals surface area contributed by atoms with Crippen LogP contribution in [0.4, 0.5) is 10.1 Å². The lowest BCUT2D eigenvalue weighted by Gasteiger charge is -2.14. The lowest BCUT2D eigenvalue weighted by atomic mass is 9.97. The van der Waals surface area contributed by atoms with E-state index in [9.17, 15) is 9.18 Å². The molecule has 4 heteroatoms. The first kappa shape index (κ1) is 11.6. The van der Waals surface area contributed by atoms with Crippen molar-refractivity contribution in [2.75, 3.05) is 5.32 Å². The molecule has 0 aliphatic heterocycles. The Morgan fingerprint density at radius 1 is 1.40 bits per heavy atom. The minimum Gasteiger partial charge on any atom is -0.324 e. The van der Waals surface area contributed by atoms with Crippen molar-refractivity contribution in [2.45, 2.75) is 20.8 Å². The molecule has 1 atom stereocenters. The quantitative estimate of drug-likeness (QED) is 0.778. The number of hydrogen-bond donors (Lipinski definition) is 1. The molecule has 15 heavy (non-hydrogen) atoms. The Hall–Kier alpha value is -1.45. The molecular formula is C11H15FN2O. The number of anilines is 1. The molecule has 0 spiro atoms. The van der Waals surface area contributed by atoms with E-state index >= 15 is 0 Å². The molecule has 1 heterocycles. The summed E-state index contributed by atoms with van der Waals surface area (Å²) in [5, 5.41) is 2.68. The molecule has 1 N–H and O–H groups in total. The predicted octanol–water partition coefficient (Wildman–Crippen LogP) is 2.45. The first-order chi connectivity index (χ1) is 7.00. The van der Waals surface area contributed by atoms with Gasteiger partial charge in [0.25, 0.3) is 0 Å². The zero-order valence-corrected chi connectivity index (χ0v) is 9.12. The third-order valence-electron chi connectivity index (χ3n) is 2.41. The molecule has 0 saturated carbocycles. The first-order valence-electron chi connectivity index (χ1n) is 4.93. The van der Waals surface area contributed by atoms with Gasteiger partial charge in [0.1, 0.15) is 0 Å². The van der Waals surface area contributed by atoms with Crippen molar-refractivity contribution >= 4 is 11.6 Å². The summed E-state index contributed by atoms with van der Waals surface area (Å²) in [5.41, 5.74) is 0.522. The van der Waals surface area contributed by atoms with E-state index in [1.165, 1.54) is 18.3 Å². The average molecular weight is 210 g/mol. The van der Waals surface area contributed by atoms with Gasteiger partial charge in [-0.05, 0) is 18.1 Å². The standard InChI is InChI=1S/C11H15FN2O/c1-7(2)8(3)11(15)14-9-4-5-10(12)13-6-9/h4-8H,1-3H3,(H,14,15). The largest absolute Gasteiger partial charge is 0.324 e.